The predicted octanol–water partition coefficient (Wildman–Crippen LogP) is 3.45. The lowest BCUT2D eigenvalue weighted by atomic mass is 9.79. The topological polar surface area (TPSA) is 36.0 Å². The molecule has 19 heavy (non-hydrogen) atoms. The van der Waals surface area contributed by atoms with Gasteiger partial charge in [-0.25, -0.2) is 0 Å². The van der Waals surface area contributed by atoms with E-state index in [1.54, 1.807) is 0 Å². The largest absolute Gasteiger partial charge is 0.252 e. The van der Waals surface area contributed by atoms with Gasteiger partial charge in [-0.3, -0.25) is 4.98 Å². The maximum Gasteiger partial charge on any atom is 0.0709 e. The molecule has 1 aliphatic rings. The first kappa shape index (κ1) is 12.6. The Morgan fingerprint density at radius 1 is 1.16 bits per heavy atom. The van der Waals surface area contributed by atoms with Crippen LogP contribution in [0.3, 0.4) is 0 Å². The Labute approximate surface area is 113 Å². The van der Waals surface area contributed by atoms with Crippen LogP contribution < -0.4 is 0 Å². The van der Waals surface area contributed by atoms with Crippen molar-refractivity contribution in [3.05, 3.63) is 41.6 Å². The second kappa shape index (κ2) is 3.78. The summed E-state index contributed by atoms with van der Waals surface area (Å²) in [6.07, 6.45) is 0.695. The minimum atomic E-state index is -0.534. The number of hydroxylamine groups is 2. The van der Waals surface area contributed by atoms with Crippen LogP contribution in [-0.2, 0) is 17.2 Å². The number of benzene rings is 1. The van der Waals surface area contributed by atoms with Gasteiger partial charge in [0.2, 0.25) is 0 Å². The fourth-order valence-electron chi connectivity index (χ4n) is 3.17. The molecule has 1 aromatic heterocycles. The van der Waals surface area contributed by atoms with Gasteiger partial charge in [0.15, 0.2) is 0 Å². The SMILES string of the molecule is CC1(C)Cc2nc3ccccc3cc2C(C)(C)N1[O]. The van der Waals surface area contributed by atoms with Crippen molar-refractivity contribution in [2.75, 3.05) is 0 Å². The third kappa shape index (κ3) is 1.77. The first-order valence-electron chi connectivity index (χ1n) is 6.69. The molecule has 3 nitrogen and oxygen atoms in total. The second-order valence-electron chi connectivity index (χ2n) is 6.52. The number of rotatable bonds is 0. The molecule has 0 saturated heterocycles. The number of hydrogen-bond donors (Lipinski definition) is 0. The van der Waals surface area contributed by atoms with Gasteiger partial charge in [0.05, 0.1) is 16.6 Å². The van der Waals surface area contributed by atoms with E-state index in [4.69, 9.17) is 4.98 Å². The quantitative estimate of drug-likeness (QED) is 0.723. The van der Waals surface area contributed by atoms with Crippen LogP contribution in [0.25, 0.3) is 10.9 Å². The summed E-state index contributed by atoms with van der Waals surface area (Å²) in [4.78, 5) is 4.78. The van der Waals surface area contributed by atoms with E-state index in [9.17, 15) is 5.21 Å². The minimum Gasteiger partial charge on any atom is -0.252 e. The third-order valence-corrected chi connectivity index (χ3v) is 4.12. The summed E-state index contributed by atoms with van der Waals surface area (Å²) in [7, 11) is 0. The fourth-order valence-corrected chi connectivity index (χ4v) is 3.17. The predicted molar refractivity (Wildman–Crippen MR) is 75.1 cm³/mol. The smallest absolute Gasteiger partial charge is 0.0709 e. The zero-order valence-corrected chi connectivity index (χ0v) is 11.9. The average Bonchev–Trinajstić information content (AvgIpc) is 2.35. The van der Waals surface area contributed by atoms with E-state index in [0.717, 1.165) is 22.2 Å². The highest BCUT2D eigenvalue weighted by Crippen LogP contribution is 2.41. The van der Waals surface area contributed by atoms with Gasteiger partial charge >= 0.3 is 0 Å². The van der Waals surface area contributed by atoms with Crippen molar-refractivity contribution in [1.29, 1.82) is 0 Å². The number of para-hydroxylation sites is 1. The molecule has 0 spiro atoms. The van der Waals surface area contributed by atoms with E-state index < -0.39 is 11.1 Å². The molecule has 0 N–H and O–H groups in total. The summed E-state index contributed by atoms with van der Waals surface area (Å²) in [6.45, 7) is 7.94. The van der Waals surface area contributed by atoms with Crippen LogP contribution in [0.5, 0.6) is 0 Å². The number of nitrogens with zero attached hydrogens (tertiary/aromatic N) is 2. The van der Waals surface area contributed by atoms with Crippen molar-refractivity contribution in [3.63, 3.8) is 0 Å². The number of aromatic nitrogens is 1. The zero-order chi connectivity index (χ0) is 13.8. The summed E-state index contributed by atoms with van der Waals surface area (Å²) in [6, 6.07) is 10.2. The first-order valence-corrected chi connectivity index (χ1v) is 6.69. The molecule has 2 heterocycles. The van der Waals surface area contributed by atoms with Crippen molar-refractivity contribution in [2.45, 2.75) is 45.2 Å². The van der Waals surface area contributed by atoms with Gasteiger partial charge in [-0.15, -0.1) is 10.3 Å². The monoisotopic (exact) mass is 255 g/mol. The summed E-state index contributed by atoms with van der Waals surface area (Å²) < 4.78 is 0. The molecule has 1 radical (unpaired) electrons. The lowest BCUT2D eigenvalue weighted by molar-refractivity contribution is -0.281. The van der Waals surface area contributed by atoms with Crippen LogP contribution in [0.2, 0.25) is 0 Å². The summed E-state index contributed by atoms with van der Waals surface area (Å²) in [5.74, 6) is 0. The van der Waals surface area contributed by atoms with Gasteiger partial charge in [0.25, 0.3) is 0 Å². The first-order chi connectivity index (χ1) is 8.82. The van der Waals surface area contributed by atoms with Gasteiger partial charge in [-0.1, -0.05) is 18.2 Å². The van der Waals surface area contributed by atoms with Crippen molar-refractivity contribution in [1.82, 2.24) is 10.0 Å². The Hall–Kier alpha value is -1.45. The van der Waals surface area contributed by atoms with Crippen LogP contribution in [0, 0.1) is 0 Å². The lowest BCUT2D eigenvalue weighted by Crippen LogP contribution is -2.56. The highest BCUT2D eigenvalue weighted by Gasteiger charge is 2.46. The van der Waals surface area contributed by atoms with Crippen LogP contribution in [-0.4, -0.2) is 15.6 Å². The Kier molecular flexibility index (Phi) is 2.50. The highest BCUT2D eigenvalue weighted by molar-refractivity contribution is 5.79. The highest BCUT2D eigenvalue weighted by atomic mass is 16.5. The standard InChI is InChI=1S/C16H19N2O/c1-15(2)10-14-12(16(3,4)18(15)19)9-11-7-5-6-8-13(11)17-14/h5-9H,10H2,1-4H3. The van der Waals surface area contributed by atoms with Gasteiger partial charge in [-0.2, -0.15) is 0 Å². The number of fused-ring (bicyclic) bond motifs is 2. The number of hydrogen-bond acceptors (Lipinski definition) is 2. The maximum absolute atomic E-state index is 12.6. The lowest BCUT2D eigenvalue weighted by Gasteiger charge is -2.47. The molecule has 3 rings (SSSR count). The molecule has 0 atom stereocenters. The van der Waals surface area contributed by atoms with Gasteiger partial charge in [0.1, 0.15) is 0 Å². The maximum atomic E-state index is 12.6. The molecule has 3 heteroatoms. The Morgan fingerprint density at radius 2 is 1.84 bits per heavy atom. The molecular formula is C16H19N2O. The molecule has 0 fully saturated rings. The zero-order valence-electron chi connectivity index (χ0n) is 11.9. The molecule has 0 saturated carbocycles. The average molecular weight is 255 g/mol. The molecule has 0 amide bonds. The normalized spacial score (nSPS) is 21.3. The van der Waals surface area contributed by atoms with Crippen LogP contribution >= 0.6 is 0 Å². The molecular weight excluding hydrogens is 236 g/mol. The van der Waals surface area contributed by atoms with Crippen molar-refractivity contribution >= 4 is 10.9 Å². The Morgan fingerprint density at radius 3 is 2.58 bits per heavy atom. The van der Waals surface area contributed by atoms with Crippen LogP contribution in [0.4, 0.5) is 0 Å². The second-order valence-corrected chi connectivity index (χ2v) is 6.52. The molecule has 2 aromatic rings. The van der Waals surface area contributed by atoms with Crippen molar-refractivity contribution in [2.24, 2.45) is 0 Å². The molecule has 0 unspecified atom stereocenters. The summed E-state index contributed by atoms with van der Waals surface area (Å²) in [5, 5.41) is 14.9. The Balaban J connectivity index is 2.29. The van der Waals surface area contributed by atoms with Crippen molar-refractivity contribution in [3.8, 4) is 0 Å². The van der Waals surface area contributed by atoms with E-state index in [2.05, 4.69) is 6.07 Å². The third-order valence-electron chi connectivity index (χ3n) is 4.12. The molecule has 1 aromatic carbocycles. The van der Waals surface area contributed by atoms with E-state index in [-0.39, 0.29) is 0 Å². The van der Waals surface area contributed by atoms with Gasteiger partial charge < -0.3 is 0 Å². The van der Waals surface area contributed by atoms with Gasteiger partial charge in [-0.05, 0) is 45.4 Å². The Bertz CT molecular complexity index is 646. The molecule has 99 valence electrons. The summed E-state index contributed by atoms with van der Waals surface area (Å²) in [5.41, 5.74) is 2.17. The fraction of sp³-hybridized carbons (Fsp3) is 0.438. The van der Waals surface area contributed by atoms with E-state index in [1.807, 2.05) is 52.0 Å². The van der Waals surface area contributed by atoms with Crippen LogP contribution in [0.1, 0.15) is 39.0 Å². The van der Waals surface area contributed by atoms with E-state index >= 15 is 0 Å². The van der Waals surface area contributed by atoms with Crippen molar-refractivity contribution < 1.29 is 5.21 Å². The molecule has 0 aliphatic carbocycles. The number of pyridine rings is 1. The van der Waals surface area contributed by atoms with E-state index in [1.165, 1.54) is 5.06 Å². The van der Waals surface area contributed by atoms with Crippen LogP contribution in [0.15, 0.2) is 30.3 Å². The summed E-state index contributed by atoms with van der Waals surface area (Å²) >= 11 is 0. The van der Waals surface area contributed by atoms with E-state index in [0.29, 0.717) is 6.42 Å². The minimum absolute atomic E-state index is 0.411. The molecule has 0 bridgehead atoms. The van der Waals surface area contributed by atoms with Gasteiger partial charge in [0, 0.05) is 17.5 Å². The molecule has 1 aliphatic heterocycles.